The Kier molecular flexibility index (Phi) is 0.934. The van der Waals surface area contributed by atoms with Crippen molar-refractivity contribution < 1.29 is 4.42 Å². The number of rotatable bonds is 0. The van der Waals surface area contributed by atoms with Gasteiger partial charge in [-0.2, -0.15) is 0 Å². The second-order valence-electron chi connectivity index (χ2n) is 2.36. The number of nitrogens with one attached hydrogen (secondary N) is 1. The third-order valence-corrected chi connectivity index (χ3v) is 1.66. The SMILES string of the molecule is Cn1c(N)cc2oc(=O)[nH]c21. The van der Waals surface area contributed by atoms with Crippen LogP contribution < -0.4 is 11.5 Å². The lowest BCUT2D eigenvalue weighted by Crippen LogP contribution is -2.00. The van der Waals surface area contributed by atoms with Crippen LogP contribution in [-0.4, -0.2) is 9.55 Å². The van der Waals surface area contributed by atoms with Crippen molar-refractivity contribution in [2.75, 3.05) is 5.73 Å². The van der Waals surface area contributed by atoms with E-state index in [1.807, 2.05) is 0 Å². The number of aromatic nitrogens is 2. The Labute approximate surface area is 61.4 Å². The third kappa shape index (κ3) is 0.674. The molecule has 3 N–H and O–H groups in total. The van der Waals surface area contributed by atoms with Crippen LogP contribution in [0.5, 0.6) is 0 Å². The molecular weight excluding hydrogens is 146 g/mol. The van der Waals surface area contributed by atoms with E-state index in [2.05, 4.69) is 4.98 Å². The van der Waals surface area contributed by atoms with E-state index >= 15 is 0 Å². The number of hydrogen-bond donors (Lipinski definition) is 2. The predicted octanol–water partition coefficient (Wildman–Crippen LogP) is 0.0418. The van der Waals surface area contributed by atoms with E-state index in [0.717, 1.165) is 0 Å². The van der Waals surface area contributed by atoms with E-state index in [0.29, 0.717) is 17.0 Å². The highest BCUT2D eigenvalue weighted by Gasteiger charge is 2.06. The summed E-state index contributed by atoms with van der Waals surface area (Å²) < 4.78 is 6.41. The average molecular weight is 153 g/mol. The van der Waals surface area contributed by atoms with Crippen molar-refractivity contribution in [1.29, 1.82) is 0 Å². The van der Waals surface area contributed by atoms with Gasteiger partial charge in [0.2, 0.25) is 0 Å². The van der Waals surface area contributed by atoms with Crippen LogP contribution in [-0.2, 0) is 7.05 Å². The zero-order valence-corrected chi connectivity index (χ0v) is 5.92. The summed E-state index contributed by atoms with van der Waals surface area (Å²) in [4.78, 5) is 13.1. The van der Waals surface area contributed by atoms with Gasteiger partial charge in [-0.15, -0.1) is 0 Å². The zero-order valence-electron chi connectivity index (χ0n) is 5.92. The van der Waals surface area contributed by atoms with Crippen molar-refractivity contribution in [2.24, 2.45) is 7.05 Å². The first-order valence-corrected chi connectivity index (χ1v) is 3.12. The molecule has 2 aromatic heterocycles. The number of aromatic amines is 1. The van der Waals surface area contributed by atoms with E-state index in [9.17, 15) is 4.79 Å². The lowest BCUT2D eigenvalue weighted by Gasteiger charge is -1.92. The average Bonchev–Trinajstić information content (AvgIpc) is 2.37. The highest BCUT2D eigenvalue weighted by Crippen LogP contribution is 2.15. The Bertz CT molecular complexity index is 448. The minimum Gasteiger partial charge on any atom is -0.406 e. The van der Waals surface area contributed by atoms with E-state index in [4.69, 9.17) is 10.2 Å². The fourth-order valence-corrected chi connectivity index (χ4v) is 1.04. The molecule has 5 heteroatoms. The summed E-state index contributed by atoms with van der Waals surface area (Å²) in [5.41, 5.74) is 6.64. The number of hydrogen-bond acceptors (Lipinski definition) is 3. The lowest BCUT2D eigenvalue weighted by molar-refractivity contribution is 0.555. The van der Waals surface area contributed by atoms with Crippen LogP contribution in [0.15, 0.2) is 15.3 Å². The molecule has 0 bridgehead atoms. The van der Waals surface area contributed by atoms with Crippen molar-refractivity contribution in [1.82, 2.24) is 9.55 Å². The minimum absolute atomic E-state index is 0.453. The zero-order chi connectivity index (χ0) is 8.01. The molecule has 2 aromatic rings. The molecule has 0 amide bonds. The first kappa shape index (κ1) is 6.09. The van der Waals surface area contributed by atoms with Gasteiger partial charge in [-0.3, -0.25) is 4.98 Å². The number of fused-ring (bicyclic) bond motifs is 1. The molecule has 0 saturated carbocycles. The van der Waals surface area contributed by atoms with E-state index in [1.54, 1.807) is 17.7 Å². The van der Waals surface area contributed by atoms with Crippen molar-refractivity contribution in [3.8, 4) is 0 Å². The summed E-state index contributed by atoms with van der Waals surface area (Å²) in [7, 11) is 1.75. The molecule has 0 fully saturated rings. The van der Waals surface area contributed by atoms with Gasteiger partial charge in [0.25, 0.3) is 0 Å². The van der Waals surface area contributed by atoms with E-state index < -0.39 is 5.76 Å². The molecule has 0 atom stereocenters. The molecule has 2 heterocycles. The van der Waals surface area contributed by atoms with Crippen molar-refractivity contribution in [3.05, 3.63) is 16.6 Å². The molecule has 0 aromatic carbocycles. The Balaban J connectivity index is 2.99. The molecule has 0 aliphatic heterocycles. The molecule has 2 rings (SSSR count). The Hall–Kier alpha value is -1.65. The van der Waals surface area contributed by atoms with Crippen LogP contribution >= 0.6 is 0 Å². The molecule has 0 aliphatic rings. The maximum atomic E-state index is 10.6. The normalized spacial score (nSPS) is 11.0. The largest absolute Gasteiger partial charge is 0.418 e. The Morgan fingerprint density at radius 3 is 3.09 bits per heavy atom. The van der Waals surface area contributed by atoms with Gasteiger partial charge >= 0.3 is 5.76 Å². The maximum absolute atomic E-state index is 10.6. The molecule has 0 radical (unpaired) electrons. The lowest BCUT2D eigenvalue weighted by atomic mass is 10.6. The number of aryl methyl sites for hydroxylation is 1. The molecule has 0 spiro atoms. The smallest absolute Gasteiger partial charge is 0.406 e. The topological polar surface area (TPSA) is 77.0 Å². The monoisotopic (exact) mass is 153 g/mol. The van der Waals surface area contributed by atoms with Crippen LogP contribution in [0.25, 0.3) is 11.2 Å². The molecule has 0 saturated heterocycles. The number of nitrogens with zero attached hydrogens (tertiary/aromatic N) is 1. The number of oxazole rings is 1. The fourth-order valence-electron chi connectivity index (χ4n) is 1.04. The molecule has 58 valence electrons. The van der Waals surface area contributed by atoms with Gasteiger partial charge < -0.3 is 14.7 Å². The minimum atomic E-state index is -0.453. The molecule has 0 unspecified atom stereocenters. The summed E-state index contributed by atoms with van der Waals surface area (Å²) in [5, 5.41) is 0. The molecule has 11 heavy (non-hydrogen) atoms. The standard InChI is InChI=1S/C6H7N3O2/c1-9-4(7)2-3-5(9)8-6(10)11-3/h2H,7H2,1H3,(H,8,10). The Morgan fingerprint density at radius 1 is 1.73 bits per heavy atom. The third-order valence-electron chi connectivity index (χ3n) is 1.66. The van der Waals surface area contributed by atoms with Crippen LogP contribution in [0.1, 0.15) is 0 Å². The summed E-state index contributed by atoms with van der Waals surface area (Å²) in [5.74, 6) is 0.112. The first-order valence-electron chi connectivity index (χ1n) is 3.12. The highest BCUT2D eigenvalue weighted by atomic mass is 16.4. The van der Waals surface area contributed by atoms with Crippen LogP contribution in [0.4, 0.5) is 5.82 Å². The number of nitrogens with two attached hydrogens (primary N) is 1. The summed E-state index contributed by atoms with van der Waals surface area (Å²) in [6, 6.07) is 1.60. The predicted molar refractivity (Wildman–Crippen MR) is 40.2 cm³/mol. The van der Waals surface area contributed by atoms with E-state index in [-0.39, 0.29) is 0 Å². The van der Waals surface area contributed by atoms with Gasteiger partial charge in [0.05, 0.1) is 0 Å². The number of anilines is 1. The second kappa shape index (κ2) is 1.69. The quantitative estimate of drug-likeness (QED) is 0.561. The summed E-state index contributed by atoms with van der Waals surface area (Å²) >= 11 is 0. The fraction of sp³-hybridized carbons (Fsp3) is 0.167. The van der Waals surface area contributed by atoms with Gasteiger partial charge in [0.1, 0.15) is 5.82 Å². The van der Waals surface area contributed by atoms with Crippen LogP contribution in [0, 0.1) is 0 Å². The van der Waals surface area contributed by atoms with Crippen molar-refractivity contribution in [2.45, 2.75) is 0 Å². The highest BCUT2D eigenvalue weighted by molar-refractivity contribution is 5.74. The van der Waals surface area contributed by atoms with Gasteiger partial charge in [-0.25, -0.2) is 4.79 Å². The second-order valence-corrected chi connectivity index (χ2v) is 2.36. The Morgan fingerprint density at radius 2 is 2.45 bits per heavy atom. The number of H-pyrrole nitrogens is 1. The molecule has 5 nitrogen and oxygen atoms in total. The molecule has 0 aliphatic carbocycles. The van der Waals surface area contributed by atoms with Gasteiger partial charge in [-0.05, 0) is 0 Å². The van der Waals surface area contributed by atoms with E-state index in [1.165, 1.54) is 0 Å². The van der Waals surface area contributed by atoms with Crippen molar-refractivity contribution in [3.63, 3.8) is 0 Å². The van der Waals surface area contributed by atoms with Crippen LogP contribution in [0.3, 0.4) is 0 Å². The maximum Gasteiger partial charge on any atom is 0.418 e. The van der Waals surface area contributed by atoms with Gasteiger partial charge in [0, 0.05) is 13.1 Å². The summed E-state index contributed by atoms with van der Waals surface area (Å²) in [6.07, 6.45) is 0. The van der Waals surface area contributed by atoms with Gasteiger partial charge in [-0.1, -0.05) is 0 Å². The number of nitrogen functional groups attached to an aromatic ring is 1. The van der Waals surface area contributed by atoms with Crippen molar-refractivity contribution >= 4 is 17.0 Å². The van der Waals surface area contributed by atoms with Gasteiger partial charge in [0.15, 0.2) is 11.2 Å². The van der Waals surface area contributed by atoms with Crippen LogP contribution in [0.2, 0.25) is 0 Å². The first-order chi connectivity index (χ1) is 5.18. The molecular formula is C6H7N3O2. The summed E-state index contributed by atoms with van der Waals surface area (Å²) in [6.45, 7) is 0.